The Bertz CT molecular complexity index is 605. The summed E-state index contributed by atoms with van der Waals surface area (Å²) in [5.74, 6) is 0.778. The van der Waals surface area contributed by atoms with E-state index in [4.69, 9.17) is 0 Å². The summed E-state index contributed by atoms with van der Waals surface area (Å²) in [6, 6.07) is 7.65. The molecular formula is C20H30N4O. The van der Waals surface area contributed by atoms with Gasteiger partial charge in [0.15, 0.2) is 5.96 Å². The maximum atomic E-state index is 11.8. The zero-order chi connectivity index (χ0) is 17.9. The Kier molecular flexibility index (Phi) is 8.02. The Morgan fingerprint density at radius 2 is 1.92 bits per heavy atom. The second-order valence-electron chi connectivity index (χ2n) is 6.27. The van der Waals surface area contributed by atoms with Crippen molar-refractivity contribution in [3.8, 4) is 0 Å². The molecule has 5 nitrogen and oxygen atoms in total. The van der Waals surface area contributed by atoms with Crippen LogP contribution in [0.15, 0.2) is 40.9 Å². The van der Waals surface area contributed by atoms with Gasteiger partial charge in [0.2, 0.25) is 0 Å². The van der Waals surface area contributed by atoms with Crippen LogP contribution in [0, 0.1) is 0 Å². The number of amides is 1. The van der Waals surface area contributed by atoms with Gasteiger partial charge in [-0.25, -0.2) is 0 Å². The van der Waals surface area contributed by atoms with Crippen molar-refractivity contribution >= 4 is 11.9 Å². The van der Waals surface area contributed by atoms with Crippen LogP contribution < -0.4 is 16.0 Å². The molecule has 136 valence electrons. The van der Waals surface area contributed by atoms with E-state index in [2.05, 4.69) is 27.0 Å². The smallest absolute Gasteiger partial charge is 0.251 e. The molecule has 0 aliphatic heterocycles. The van der Waals surface area contributed by atoms with Gasteiger partial charge in [0, 0.05) is 32.2 Å². The first-order valence-electron chi connectivity index (χ1n) is 9.22. The summed E-state index contributed by atoms with van der Waals surface area (Å²) in [5.41, 5.74) is 3.37. The first-order chi connectivity index (χ1) is 12.2. The van der Waals surface area contributed by atoms with Crippen molar-refractivity contribution in [2.45, 2.75) is 45.6 Å². The minimum Gasteiger partial charge on any atom is -0.356 e. The first kappa shape index (κ1) is 19.0. The number of nitrogens with one attached hydrogen (secondary N) is 3. The third-order valence-corrected chi connectivity index (χ3v) is 4.36. The zero-order valence-electron chi connectivity index (χ0n) is 15.4. The SMILES string of the molecule is CCNC(=O)c1ccc(CNC(=NC)NCCC2=CCCCC2)cc1. The Hall–Kier alpha value is -2.30. The molecule has 0 bridgehead atoms. The monoisotopic (exact) mass is 342 g/mol. The van der Waals surface area contributed by atoms with E-state index in [-0.39, 0.29) is 5.91 Å². The predicted octanol–water partition coefficient (Wildman–Crippen LogP) is 2.99. The maximum Gasteiger partial charge on any atom is 0.251 e. The lowest BCUT2D eigenvalue weighted by Gasteiger charge is -2.15. The molecule has 0 aromatic heterocycles. The van der Waals surface area contributed by atoms with Crippen LogP contribution in [-0.2, 0) is 6.54 Å². The summed E-state index contributed by atoms with van der Waals surface area (Å²) in [4.78, 5) is 16.0. The molecule has 1 aliphatic rings. The molecule has 0 spiro atoms. The molecule has 5 heteroatoms. The van der Waals surface area contributed by atoms with Crippen molar-refractivity contribution < 1.29 is 4.79 Å². The lowest BCUT2D eigenvalue weighted by atomic mass is 9.97. The fourth-order valence-corrected chi connectivity index (χ4v) is 2.92. The second-order valence-corrected chi connectivity index (χ2v) is 6.27. The van der Waals surface area contributed by atoms with E-state index >= 15 is 0 Å². The minimum absolute atomic E-state index is 0.0310. The van der Waals surface area contributed by atoms with Crippen LogP contribution in [0.4, 0.5) is 0 Å². The topological polar surface area (TPSA) is 65.5 Å². The Balaban J connectivity index is 1.74. The van der Waals surface area contributed by atoms with E-state index in [0.717, 1.165) is 24.5 Å². The highest BCUT2D eigenvalue weighted by atomic mass is 16.1. The van der Waals surface area contributed by atoms with Crippen LogP contribution in [0.5, 0.6) is 0 Å². The average Bonchev–Trinajstić information content (AvgIpc) is 2.66. The summed E-state index contributed by atoms with van der Waals surface area (Å²) in [6.07, 6.45) is 8.60. The highest BCUT2D eigenvalue weighted by Crippen LogP contribution is 2.19. The molecule has 0 fully saturated rings. The van der Waals surface area contributed by atoms with Crippen molar-refractivity contribution in [2.24, 2.45) is 4.99 Å². The van der Waals surface area contributed by atoms with Gasteiger partial charge < -0.3 is 16.0 Å². The molecule has 1 aromatic carbocycles. The van der Waals surface area contributed by atoms with Gasteiger partial charge in [-0.2, -0.15) is 0 Å². The van der Waals surface area contributed by atoms with Gasteiger partial charge in [-0.3, -0.25) is 9.79 Å². The highest BCUT2D eigenvalue weighted by molar-refractivity contribution is 5.94. The molecule has 2 rings (SSSR count). The molecule has 0 radical (unpaired) electrons. The Labute approximate surface area is 151 Å². The maximum absolute atomic E-state index is 11.8. The highest BCUT2D eigenvalue weighted by Gasteiger charge is 2.05. The van der Waals surface area contributed by atoms with Gasteiger partial charge in [0.25, 0.3) is 5.91 Å². The third kappa shape index (κ3) is 6.61. The van der Waals surface area contributed by atoms with Gasteiger partial charge in [0.05, 0.1) is 0 Å². The van der Waals surface area contributed by atoms with Crippen LogP contribution in [0.1, 0.15) is 54.9 Å². The van der Waals surface area contributed by atoms with Crippen molar-refractivity contribution in [1.82, 2.24) is 16.0 Å². The standard InChI is InChI=1S/C20H30N4O/c1-3-22-19(25)18-11-9-17(10-12-18)15-24-20(21-2)23-14-13-16-7-5-4-6-8-16/h7,9-12H,3-6,8,13-15H2,1-2H3,(H,22,25)(H2,21,23,24). The summed E-state index contributed by atoms with van der Waals surface area (Å²) >= 11 is 0. The molecule has 0 saturated carbocycles. The number of aliphatic imine (C=N–C) groups is 1. The van der Waals surface area contributed by atoms with Gasteiger partial charge in [-0.1, -0.05) is 23.8 Å². The molecule has 0 unspecified atom stereocenters. The number of nitrogens with zero attached hydrogens (tertiary/aromatic N) is 1. The summed E-state index contributed by atoms with van der Waals surface area (Å²) < 4.78 is 0. The van der Waals surface area contributed by atoms with E-state index in [0.29, 0.717) is 18.7 Å². The summed E-state index contributed by atoms with van der Waals surface area (Å²) in [6.45, 7) is 4.14. The summed E-state index contributed by atoms with van der Waals surface area (Å²) in [5, 5.41) is 9.49. The van der Waals surface area contributed by atoms with E-state index in [1.165, 1.54) is 25.7 Å². The first-order valence-corrected chi connectivity index (χ1v) is 9.22. The molecule has 0 heterocycles. The lowest BCUT2D eigenvalue weighted by Crippen LogP contribution is -2.37. The lowest BCUT2D eigenvalue weighted by molar-refractivity contribution is 0.0956. The number of hydrogen-bond donors (Lipinski definition) is 3. The molecule has 0 saturated heterocycles. The van der Waals surface area contributed by atoms with Crippen LogP contribution in [-0.4, -0.2) is 32.0 Å². The largest absolute Gasteiger partial charge is 0.356 e. The fraction of sp³-hybridized carbons (Fsp3) is 0.500. The Morgan fingerprint density at radius 3 is 2.56 bits per heavy atom. The molecular weight excluding hydrogens is 312 g/mol. The number of rotatable bonds is 7. The van der Waals surface area contributed by atoms with Crippen LogP contribution >= 0.6 is 0 Å². The number of benzene rings is 1. The molecule has 1 aliphatic carbocycles. The Morgan fingerprint density at radius 1 is 1.12 bits per heavy atom. The predicted molar refractivity (Wildman–Crippen MR) is 104 cm³/mol. The van der Waals surface area contributed by atoms with Gasteiger partial charge in [0.1, 0.15) is 0 Å². The molecule has 1 amide bonds. The number of carbonyl (C=O) groups excluding carboxylic acids is 1. The van der Waals surface area contributed by atoms with Crippen molar-refractivity contribution in [1.29, 1.82) is 0 Å². The minimum atomic E-state index is -0.0310. The zero-order valence-corrected chi connectivity index (χ0v) is 15.4. The average molecular weight is 342 g/mol. The normalized spacial score (nSPS) is 14.6. The van der Waals surface area contributed by atoms with E-state index in [1.807, 2.05) is 31.2 Å². The van der Waals surface area contributed by atoms with Crippen LogP contribution in [0.2, 0.25) is 0 Å². The van der Waals surface area contributed by atoms with E-state index in [9.17, 15) is 4.79 Å². The van der Waals surface area contributed by atoms with Crippen molar-refractivity contribution in [3.63, 3.8) is 0 Å². The number of carbonyl (C=O) groups is 1. The number of hydrogen-bond acceptors (Lipinski definition) is 2. The van der Waals surface area contributed by atoms with Crippen LogP contribution in [0.3, 0.4) is 0 Å². The van der Waals surface area contributed by atoms with Gasteiger partial charge in [-0.05, 0) is 56.7 Å². The third-order valence-electron chi connectivity index (χ3n) is 4.36. The number of allylic oxidation sites excluding steroid dienone is 1. The van der Waals surface area contributed by atoms with E-state index < -0.39 is 0 Å². The summed E-state index contributed by atoms with van der Waals surface area (Å²) in [7, 11) is 1.79. The molecule has 0 atom stereocenters. The molecule has 25 heavy (non-hydrogen) atoms. The van der Waals surface area contributed by atoms with Gasteiger partial charge >= 0.3 is 0 Å². The van der Waals surface area contributed by atoms with Gasteiger partial charge in [-0.15, -0.1) is 0 Å². The van der Waals surface area contributed by atoms with Crippen LogP contribution in [0.25, 0.3) is 0 Å². The second kappa shape index (κ2) is 10.5. The fourth-order valence-electron chi connectivity index (χ4n) is 2.92. The van der Waals surface area contributed by atoms with E-state index in [1.54, 1.807) is 12.6 Å². The molecule has 1 aromatic rings. The van der Waals surface area contributed by atoms with Crippen molar-refractivity contribution in [3.05, 3.63) is 47.0 Å². The number of guanidine groups is 1. The molecule has 3 N–H and O–H groups in total. The van der Waals surface area contributed by atoms with Crippen molar-refractivity contribution in [2.75, 3.05) is 20.1 Å². The quantitative estimate of drug-likeness (QED) is 0.405.